The van der Waals surface area contributed by atoms with E-state index in [9.17, 15) is 4.39 Å². The molecular formula is C21H23FN4. The fourth-order valence-electron chi connectivity index (χ4n) is 3.68. The van der Waals surface area contributed by atoms with Gasteiger partial charge >= 0.3 is 0 Å². The summed E-state index contributed by atoms with van der Waals surface area (Å²) >= 11 is 0. The van der Waals surface area contributed by atoms with Gasteiger partial charge in [0.05, 0.1) is 12.2 Å². The maximum absolute atomic E-state index is 13.5. The normalized spacial score (nSPS) is 18.2. The van der Waals surface area contributed by atoms with Crippen LogP contribution in [-0.4, -0.2) is 32.5 Å². The molecule has 2 aromatic heterocycles. The number of piperidine rings is 1. The van der Waals surface area contributed by atoms with Crippen molar-refractivity contribution < 1.29 is 4.39 Å². The van der Waals surface area contributed by atoms with E-state index in [1.807, 2.05) is 37.6 Å². The molecule has 1 fully saturated rings. The molecule has 0 amide bonds. The van der Waals surface area contributed by atoms with E-state index in [2.05, 4.69) is 20.5 Å². The Hall–Kier alpha value is -2.53. The Kier molecular flexibility index (Phi) is 4.80. The molecule has 0 bridgehead atoms. The number of hydrogen-bond donors (Lipinski definition) is 0. The lowest BCUT2D eigenvalue weighted by Gasteiger charge is -2.32. The Morgan fingerprint density at radius 3 is 2.88 bits per heavy atom. The lowest BCUT2D eigenvalue weighted by Crippen LogP contribution is -2.34. The van der Waals surface area contributed by atoms with Crippen molar-refractivity contribution in [1.82, 2.24) is 19.4 Å². The molecule has 1 unspecified atom stereocenters. The highest BCUT2D eigenvalue weighted by molar-refractivity contribution is 5.59. The number of nitrogens with zero attached hydrogens (tertiary/aromatic N) is 4. The highest BCUT2D eigenvalue weighted by Gasteiger charge is 2.23. The number of aryl methyl sites for hydroxylation is 1. The number of pyridine rings is 1. The standard InChI is InChI=1S/C21H23FN4/c1-25-12-10-23-21(25)15-26-11-4-6-17(14-26)20-9-3-8-19(24-20)16-5-2-7-18(22)13-16/h2-3,5,7-10,12-13,17H,4,6,11,14-15H2,1H3. The fourth-order valence-corrected chi connectivity index (χ4v) is 3.68. The molecule has 1 aliphatic heterocycles. The lowest BCUT2D eigenvalue weighted by molar-refractivity contribution is 0.192. The third kappa shape index (κ3) is 3.68. The molecule has 0 radical (unpaired) electrons. The smallest absolute Gasteiger partial charge is 0.123 e. The molecule has 3 aromatic rings. The van der Waals surface area contributed by atoms with E-state index in [1.165, 1.54) is 6.07 Å². The number of likely N-dealkylation sites (tertiary alicyclic amines) is 1. The predicted molar refractivity (Wildman–Crippen MR) is 100 cm³/mol. The second-order valence-electron chi connectivity index (χ2n) is 6.99. The third-order valence-electron chi connectivity index (χ3n) is 5.10. The zero-order valence-electron chi connectivity index (χ0n) is 15.0. The Labute approximate surface area is 153 Å². The van der Waals surface area contributed by atoms with Crippen molar-refractivity contribution in [3.63, 3.8) is 0 Å². The molecule has 0 spiro atoms. The van der Waals surface area contributed by atoms with E-state index in [0.29, 0.717) is 5.92 Å². The summed E-state index contributed by atoms with van der Waals surface area (Å²) in [6.07, 6.45) is 6.12. The van der Waals surface area contributed by atoms with E-state index in [-0.39, 0.29) is 5.82 Å². The summed E-state index contributed by atoms with van der Waals surface area (Å²) in [4.78, 5) is 11.7. The highest BCUT2D eigenvalue weighted by Crippen LogP contribution is 2.28. The van der Waals surface area contributed by atoms with Crippen LogP contribution >= 0.6 is 0 Å². The first-order chi connectivity index (χ1) is 12.7. The van der Waals surface area contributed by atoms with Gasteiger partial charge in [-0.3, -0.25) is 9.88 Å². The van der Waals surface area contributed by atoms with Crippen molar-refractivity contribution in [2.45, 2.75) is 25.3 Å². The Balaban J connectivity index is 1.52. The van der Waals surface area contributed by atoms with Crippen LogP contribution in [0.4, 0.5) is 4.39 Å². The van der Waals surface area contributed by atoms with Crippen molar-refractivity contribution in [2.75, 3.05) is 13.1 Å². The average Bonchev–Trinajstić information content (AvgIpc) is 3.07. The minimum absolute atomic E-state index is 0.228. The molecule has 1 atom stereocenters. The maximum atomic E-state index is 13.5. The molecule has 134 valence electrons. The molecule has 0 aliphatic carbocycles. The zero-order chi connectivity index (χ0) is 17.9. The van der Waals surface area contributed by atoms with Gasteiger partial charge in [-0.1, -0.05) is 18.2 Å². The topological polar surface area (TPSA) is 34.0 Å². The number of benzene rings is 1. The number of imidazole rings is 1. The van der Waals surface area contributed by atoms with Crippen LogP contribution in [-0.2, 0) is 13.6 Å². The average molecular weight is 350 g/mol. The molecule has 4 rings (SSSR count). The molecule has 26 heavy (non-hydrogen) atoms. The first kappa shape index (κ1) is 16.9. The Morgan fingerprint density at radius 2 is 2.08 bits per heavy atom. The molecule has 4 nitrogen and oxygen atoms in total. The van der Waals surface area contributed by atoms with Gasteiger partial charge in [0.1, 0.15) is 11.6 Å². The van der Waals surface area contributed by atoms with E-state index in [0.717, 1.165) is 55.3 Å². The number of halogens is 1. The van der Waals surface area contributed by atoms with Crippen molar-refractivity contribution in [3.05, 3.63) is 72.2 Å². The van der Waals surface area contributed by atoms with Gasteiger partial charge in [-0.25, -0.2) is 9.37 Å². The molecule has 1 aromatic carbocycles. The SMILES string of the molecule is Cn1ccnc1CN1CCCC(c2cccc(-c3cccc(F)c3)n2)C1. The third-order valence-corrected chi connectivity index (χ3v) is 5.10. The lowest BCUT2D eigenvalue weighted by atomic mass is 9.94. The summed E-state index contributed by atoms with van der Waals surface area (Å²) < 4.78 is 15.6. The number of hydrogen-bond acceptors (Lipinski definition) is 3. The van der Waals surface area contributed by atoms with Gasteiger partial charge < -0.3 is 4.57 Å². The van der Waals surface area contributed by atoms with Gasteiger partial charge in [-0.2, -0.15) is 0 Å². The summed E-state index contributed by atoms with van der Waals surface area (Å²) in [6.45, 7) is 2.93. The van der Waals surface area contributed by atoms with Crippen molar-refractivity contribution in [2.24, 2.45) is 7.05 Å². The van der Waals surface area contributed by atoms with Gasteiger partial charge in [-0.15, -0.1) is 0 Å². The van der Waals surface area contributed by atoms with E-state index in [4.69, 9.17) is 4.98 Å². The largest absolute Gasteiger partial charge is 0.337 e. The minimum Gasteiger partial charge on any atom is -0.337 e. The Morgan fingerprint density at radius 1 is 1.19 bits per heavy atom. The quantitative estimate of drug-likeness (QED) is 0.713. The van der Waals surface area contributed by atoms with E-state index < -0.39 is 0 Å². The van der Waals surface area contributed by atoms with Crippen molar-refractivity contribution in [1.29, 1.82) is 0 Å². The van der Waals surface area contributed by atoms with Crippen LogP contribution < -0.4 is 0 Å². The Bertz CT molecular complexity index is 889. The van der Waals surface area contributed by atoms with Gasteiger partial charge in [0.25, 0.3) is 0 Å². The summed E-state index contributed by atoms with van der Waals surface area (Å²) in [6, 6.07) is 12.7. The molecular weight excluding hydrogens is 327 g/mol. The van der Waals surface area contributed by atoms with E-state index >= 15 is 0 Å². The van der Waals surface area contributed by atoms with Crippen LogP contribution in [0.3, 0.4) is 0 Å². The predicted octanol–water partition coefficient (Wildman–Crippen LogP) is 4.00. The minimum atomic E-state index is -0.228. The van der Waals surface area contributed by atoms with Crippen LogP contribution in [0.15, 0.2) is 54.9 Å². The molecule has 0 saturated carbocycles. The molecule has 1 aliphatic rings. The van der Waals surface area contributed by atoms with Gasteiger partial charge in [0, 0.05) is 43.2 Å². The monoisotopic (exact) mass is 350 g/mol. The first-order valence-corrected chi connectivity index (χ1v) is 9.10. The molecule has 0 N–H and O–H groups in total. The highest BCUT2D eigenvalue weighted by atomic mass is 19.1. The molecule has 3 heterocycles. The van der Waals surface area contributed by atoms with Crippen LogP contribution in [0.1, 0.15) is 30.3 Å². The molecule has 5 heteroatoms. The molecule has 1 saturated heterocycles. The van der Waals surface area contributed by atoms with Crippen LogP contribution in [0, 0.1) is 5.82 Å². The van der Waals surface area contributed by atoms with Crippen molar-refractivity contribution in [3.8, 4) is 11.3 Å². The second kappa shape index (κ2) is 7.38. The van der Waals surface area contributed by atoms with Crippen LogP contribution in [0.5, 0.6) is 0 Å². The first-order valence-electron chi connectivity index (χ1n) is 9.10. The fraction of sp³-hybridized carbons (Fsp3) is 0.333. The van der Waals surface area contributed by atoms with Gasteiger partial charge in [-0.05, 0) is 43.7 Å². The van der Waals surface area contributed by atoms with Crippen molar-refractivity contribution >= 4 is 0 Å². The number of rotatable bonds is 4. The van der Waals surface area contributed by atoms with E-state index in [1.54, 1.807) is 12.1 Å². The van der Waals surface area contributed by atoms with Gasteiger partial charge in [0.15, 0.2) is 0 Å². The summed E-state index contributed by atoms with van der Waals surface area (Å²) in [5.41, 5.74) is 2.76. The zero-order valence-corrected chi connectivity index (χ0v) is 15.0. The summed E-state index contributed by atoms with van der Waals surface area (Å²) in [5.74, 6) is 1.26. The van der Waals surface area contributed by atoms with Gasteiger partial charge in [0.2, 0.25) is 0 Å². The summed E-state index contributed by atoms with van der Waals surface area (Å²) in [7, 11) is 2.04. The van der Waals surface area contributed by atoms with Crippen LogP contribution in [0.2, 0.25) is 0 Å². The maximum Gasteiger partial charge on any atom is 0.123 e. The number of aromatic nitrogens is 3. The van der Waals surface area contributed by atoms with Crippen LogP contribution in [0.25, 0.3) is 11.3 Å². The second-order valence-corrected chi connectivity index (χ2v) is 6.99. The summed E-state index contributed by atoms with van der Waals surface area (Å²) in [5, 5.41) is 0.